The van der Waals surface area contributed by atoms with Gasteiger partial charge in [-0.05, 0) is 42.0 Å². The van der Waals surface area contributed by atoms with Crippen LogP contribution >= 0.6 is 15.9 Å². The molecule has 0 unspecified atom stereocenters. The molecule has 0 aliphatic carbocycles. The quantitative estimate of drug-likeness (QED) is 0.563. The van der Waals surface area contributed by atoms with Crippen molar-refractivity contribution in [2.45, 2.75) is 6.54 Å². The second-order valence-corrected chi connectivity index (χ2v) is 7.98. The summed E-state index contributed by atoms with van der Waals surface area (Å²) >= 11 is 3.40. The van der Waals surface area contributed by atoms with Crippen LogP contribution in [0.2, 0.25) is 0 Å². The summed E-state index contributed by atoms with van der Waals surface area (Å²) in [6.45, 7) is 2.20. The Balaban J connectivity index is 1.30. The summed E-state index contributed by atoms with van der Waals surface area (Å²) in [6, 6.07) is 18.6. The maximum atomic E-state index is 12.4. The third kappa shape index (κ3) is 5.61. The summed E-state index contributed by atoms with van der Waals surface area (Å²) < 4.78 is 6.60. The highest BCUT2D eigenvalue weighted by molar-refractivity contribution is 9.10. The minimum atomic E-state index is -0.210. The molecule has 0 bridgehead atoms. The van der Waals surface area contributed by atoms with E-state index in [0.29, 0.717) is 36.8 Å². The van der Waals surface area contributed by atoms with Crippen molar-refractivity contribution >= 4 is 33.4 Å². The molecule has 2 aromatic carbocycles. The molecule has 1 saturated heterocycles. The lowest BCUT2D eigenvalue weighted by Crippen LogP contribution is -2.47. The molecule has 0 radical (unpaired) electrons. The molecule has 2 heterocycles. The highest BCUT2D eigenvalue weighted by Crippen LogP contribution is 2.23. The molecule has 1 fully saturated rings. The normalized spacial score (nSPS) is 13.5. The number of piperazine rings is 1. The summed E-state index contributed by atoms with van der Waals surface area (Å²) in [5, 5.41) is 5.71. The highest BCUT2D eigenvalue weighted by atomic mass is 79.9. The minimum Gasteiger partial charge on any atom is -0.439 e. The highest BCUT2D eigenvalue weighted by Gasteiger charge is 2.16. The van der Waals surface area contributed by atoms with E-state index in [1.807, 2.05) is 53.4 Å². The van der Waals surface area contributed by atoms with Gasteiger partial charge in [0.2, 0.25) is 11.8 Å². The van der Waals surface area contributed by atoms with Crippen LogP contribution in [0.4, 0.5) is 5.69 Å². The smallest absolute Gasteiger partial charge is 0.253 e. The zero-order valence-electron chi connectivity index (χ0n) is 16.7. The topological polar surface area (TPSA) is 83.6 Å². The lowest BCUT2D eigenvalue weighted by Gasteiger charge is -2.28. The van der Waals surface area contributed by atoms with E-state index >= 15 is 0 Å². The number of rotatable bonds is 6. The van der Waals surface area contributed by atoms with Gasteiger partial charge in [-0.15, -0.1) is 0 Å². The number of ether oxygens (including phenoxy) is 1. The zero-order chi connectivity index (χ0) is 21.6. The Labute approximate surface area is 188 Å². The Bertz CT molecular complexity index is 1070. The minimum absolute atomic E-state index is 0.0317. The van der Waals surface area contributed by atoms with Crippen molar-refractivity contribution in [2.75, 3.05) is 24.5 Å². The van der Waals surface area contributed by atoms with Gasteiger partial charge in [0.05, 0.1) is 12.1 Å². The van der Waals surface area contributed by atoms with Crippen LogP contribution in [0, 0.1) is 0 Å². The van der Waals surface area contributed by atoms with E-state index in [1.165, 1.54) is 6.20 Å². The van der Waals surface area contributed by atoms with Gasteiger partial charge in [0, 0.05) is 42.1 Å². The van der Waals surface area contributed by atoms with Gasteiger partial charge in [0.15, 0.2) is 0 Å². The molecular formula is C23H21BrN4O3. The fraction of sp³-hybridized carbons (Fsp3) is 0.174. The van der Waals surface area contributed by atoms with E-state index in [9.17, 15) is 9.59 Å². The van der Waals surface area contributed by atoms with Crippen molar-refractivity contribution in [3.05, 3.63) is 82.5 Å². The monoisotopic (exact) mass is 480 g/mol. The molecule has 8 heteroatoms. The molecule has 2 amide bonds. The number of hydrogen-bond acceptors (Lipinski definition) is 5. The Hall–Kier alpha value is -3.39. The Morgan fingerprint density at radius 1 is 1.16 bits per heavy atom. The summed E-state index contributed by atoms with van der Waals surface area (Å²) in [5.41, 5.74) is 2.42. The van der Waals surface area contributed by atoms with Crippen molar-refractivity contribution in [3.63, 3.8) is 0 Å². The van der Waals surface area contributed by atoms with E-state index in [0.717, 1.165) is 22.3 Å². The lowest BCUT2D eigenvalue weighted by molar-refractivity contribution is -0.120. The van der Waals surface area contributed by atoms with Crippen LogP contribution < -0.4 is 20.3 Å². The number of nitrogens with one attached hydrogen (secondary N) is 2. The molecule has 31 heavy (non-hydrogen) atoms. The average molecular weight is 481 g/mol. The molecule has 0 saturated carbocycles. The van der Waals surface area contributed by atoms with Crippen LogP contribution in [0.25, 0.3) is 0 Å². The first-order valence-corrected chi connectivity index (χ1v) is 10.6. The molecule has 3 aromatic rings. The van der Waals surface area contributed by atoms with Crippen molar-refractivity contribution in [1.82, 2.24) is 15.6 Å². The van der Waals surface area contributed by atoms with E-state index in [4.69, 9.17) is 4.74 Å². The number of pyridine rings is 1. The van der Waals surface area contributed by atoms with E-state index < -0.39 is 0 Å². The fourth-order valence-corrected chi connectivity index (χ4v) is 3.57. The largest absolute Gasteiger partial charge is 0.439 e. The molecule has 1 aromatic heterocycles. The molecule has 7 nitrogen and oxygen atoms in total. The maximum Gasteiger partial charge on any atom is 0.253 e. The lowest BCUT2D eigenvalue weighted by atomic mass is 10.1. The van der Waals surface area contributed by atoms with Gasteiger partial charge in [0.1, 0.15) is 5.75 Å². The summed E-state index contributed by atoms with van der Waals surface area (Å²) in [6.07, 6.45) is 1.49. The second-order valence-electron chi connectivity index (χ2n) is 7.07. The number of amides is 2. The van der Waals surface area contributed by atoms with Crippen LogP contribution in [0.5, 0.6) is 11.6 Å². The fourth-order valence-electron chi connectivity index (χ4n) is 3.19. The number of anilines is 1. The van der Waals surface area contributed by atoms with Gasteiger partial charge >= 0.3 is 0 Å². The van der Waals surface area contributed by atoms with Crippen molar-refractivity contribution < 1.29 is 14.3 Å². The standard InChI is InChI=1S/C23H21BrN4O3/c24-18-2-1-3-20(12-18)31-22-9-6-17(14-26-22)23(30)27-13-16-4-7-19(8-5-16)28-11-10-25-21(29)15-28/h1-9,12,14H,10-11,13,15H2,(H,25,29)(H,27,30). The van der Waals surface area contributed by atoms with Gasteiger partial charge in [-0.3, -0.25) is 9.59 Å². The molecule has 0 spiro atoms. The number of benzene rings is 2. The van der Waals surface area contributed by atoms with Crippen LogP contribution in [0.1, 0.15) is 15.9 Å². The van der Waals surface area contributed by atoms with Crippen LogP contribution in [-0.4, -0.2) is 36.4 Å². The van der Waals surface area contributed by atoms with Gasteiger partial charge in [-0.1, -0.05) is 34.1 Å². The van der Waals surface area contributed by atoms with Crippen LogP contribution in [0.3, 0.4) is 0 Å². The predicted molar refractivity (Wildman–Crippen MR) is 121 cm³/mol. The van der Waals surface area contributed by atoms with Gasteiger partial charge in [-0.25, -0.2) is 4.98 Å². The van der Waals surface area contributed by atoms with E-state index in [2.05, 4.69) is 31.5 Å². The van der Waals surface area contributed by atoms with Gasteiger partial charge in [0.25, 0.3) is 5.91 Å². The predicted octanol–water partition coefficient (Wildman–Crippen LogP) is 3.50. The number of aromatic nitrogens is 1. The third-order valence-corrected chi connectivity index (χ3v) is 5.30. The van der Waals surface area contributed by atoms with Crippen LogP contribution in [0.15, 0.2) is 71.3 Å². The van der Waals surface area contributed by atoms with Crippen molar-refractivity contribution in [3.8, 4) is 11.6 Å². The average Bonchev–Trinajstić information content (AvgIpc) is 2.78. The molecule has 2 N–H and O–H groups in total. The number of halogens is 1. The molecular weight excluding hydrogens is 460 g/mol. The second kappa shape index (κ2) is 9.61. The summed E-state index contributed by atoms with van der Waals surface area (Å²) in [4.78, 5) is 30.2. The SMILES string of the molecule is O=C1CN(c2ccc(CNC(=O)c3ccc(Oc4cccc(Br)c4)nc3)cc2)CCN1. The van der Waals surface area contributed by atoms with Gasteiger partial charge < -0.3 is 20.3 Å². The first kappa shape index (κ1) is 20.9. The molecule has 158 valence electrons. The summed E-state index contributed by atoms with van der Waals surface area (Å²) in [7, 11) is 0. The van der Waals surface area contributed by atoms with Crippen LogP contribution in [-0.2, 0) is 11.3 Å². The zero-order valence-corrected chi connectivity index (χ0v) is 18.3. The third-order valence-electron chi connectivity index (χ3n) is 4.81. The summed E-state index contributed by atoms with van der Waals surface area (Å²) in [5.74, 6) is 0.895. The number of nitrogens with zero attached hydrogens (tertiary/aromatic N) is 2. The van der Waals surface area contributed by atoms with E-state index in [-0.39, 0.29) is 11.8 Å². The van der Waals surface area contributed by atoms with Gasteiger partial charge in [-0.2, -0.15) is 0 Å². The Morgan fingerprint density at radius 2 is 2.00 bits per heavy atom. The Morgan fingerprint density at radius 3 is 2.71 bits per heavy atom. The number of hydrogen-bond donors (Lipinski definition) is 2. The number of carbonyl (C=O) groups excluding carboxylic acids is 2. The molecule has 1 aliphatic heterocycles. The first-order chi connectivity index (χ1) is 15.1. The molecule has 1 aliphatic rings. The van der Waals surface area contributed by atoms with Crippen molar-refractivity contribution in [1.29, 1.82) is 0 Å². The van der Waals surface area contributed by atoms with Crippen molar-refractivity contribution in [2.24, 2.45) is 0 Å². The molecule has 0 atom stereocenters. The van der Waals surface area contributed by atoms with E-state index in [1.54, 1.807) is 12.1 Å². The number of carbonyl (C=O) groups is 2. The molecule has 4 rings (SSSR count). The Kier molecular flexibility index (Phi) is 6.47. The maximum absolute atomic E-state index is 12.4. The first-order valence-electron chi connectivity index (χ1n) is 9.85.